The number of aryl methyl sites for hydroxylation is 2. The van der Waals surface area contributed by atoms with Gasteiger partial charge < -0.3 is 14.8 Å². The molecule has 1 amide bonds. The molecule has 35 heavy (non-hydrogen) atoms. The smallest absolute Gasteiger partial charge is 0.280 e. The lowest BCUT2D eigenvalue weighted by Gasteiger charge is -2.11. The van der Waals surface area contributed by atoms with Gasteiger partial charge in [0.25, 0.3) is 11.5 Å². The first-order valence-corrected chi connectivity index (χ1v) is 11.0. The molecule has 8 heteroatoms. The van der Waals surface area contributed by atoms with Crippen LogP contribution in [0.25, 0.3) is 27.5 Å². The zero-order valence-corrected chi connectivity index (χ0v) is 19.8. The third-order valence-electron chi connectivity index (χ3n) is 6.18. The topological polar surface area (TPSA) is 98.2 Å². The van der Waals surface area contributed by atoms with Crippen molar-refractivity contribution in [3.05, 3.63) is 87.8 Å². The van der Waals surface area contributed by atoms with E-state index in [0.717, 1.165) is 16.8 Å². The summed E-state index contributed by atoms with van der Waals surface area (Å²) >= 11 is 0. The number of aromatic amines is 1. The van der Waals surface area contributed by atoms with Crippen molar-refractivity contribution in [1.29, 1.82) is 0 Å². The zero-order chi connectivity index (χ0) is 24.7. The average molecular weight is 469 g/mol. The molecule has 0 atom stereocenters. The molecule has 0 saturated carbocycles. The summed E-state index contributed by atoms with van der Waals surface area (Å²) in [4.78, 5) is 30.6. The predicted molar refractivity (Wildman–Crippen MR) is 136 cm³/mol. The van der Waals surface area contributed by atoms with Crippen LogP contribution in [-0.2, 0) is 0 Å². The summed E-state index contributed by atoms with van der Waals surface area (Å²) < 4.78 is 12.1. The molecular weight excluding hydrogens is 444 g/mol. The largest absolute Gasteiger partial charge is 0.493 e. The van der Waals surface area contributed by atoms with Crippen molar-refractivity contribution < 1.29 is 14.3 Å². The second kappa shape index (κ2) is 8.64. The number of nitrogens with one attached hydrogen (secondary N) is 2. The highest BCUT2D eigenvalue weighted by atomic mass is 16.5. The van der Waals surface area contributed by atoms with Gasteiger partial charge in [0.15, 0.2) is 11.5 Å². The molecular formula is C27H24N4O4. The number of ether oxygens (including phenoxy) is 2. The molecule has 2 aromatic heterocycles. The van der Waals surface area contributed by atoms with Crippen molar-refractivity contribution in [2.45, 2.75) is 13.8 Å². The summed E-state index contributed by atoms with van der Waals surface area (Å²) in [5.41, 5.74) is 5.08. The maximum absolute atomic E-state index is 13.1. The summed E-state index contributed by atoms with van der Waals surface area (Å²) in [5.74, 6) is 0.786. The first-order valence-electron chi connectivity index (χ1n) is 11.0. The number of anilines is 1. The van der Waals surface area contributed by atoms with Crippen LogP contribution in [0.1, 0.15) is 21.5 Å². The number of benzene rings is 3. The molecule has 0 spiro atoms. The Labute approximate surface area is 201 Å². The monoisotopic (exact) mass is 468 g/mol. The summed E-state index contributed by atoms with van der Waals surface area (Å²) in [5, 5.41) is 7.23. The Morgan fingerprint density at radius 1 is 0.914 bits per heavy atom. The Kier molecular flexibility index (Phi) is 5.49. The predicted octanol–water partition coefficient (Wildman–Crippen LogP) is 4.75. The number of nitrogens with zero attached hydrogens (tertiary/aromatic N) is 2. The normalized spacial score (nSPS) is 11.1. The minimum absolute atomic E-state index is 0.196. The number of hydrogen-bond acceptors (Lipinski definition) is 5. The molecule has 0 unspecified atom stereocenters. The maximum atomic E-state index is 13.1. The molecule has 3 aromatic carbocycles. The summed E-state index contributed by atoms with van der Waals surface area (Å²) in [6.45, 7) is 4.03. The molecule has 2 heterocycles. The third kappa shape index (κ3) is 3.89. The van der Waals surface area contributed by atoms with Crippen LogP contribution in [0.4, 0.5) is 5.69 Å². The van der Waals surface area contributed by atoms with Gasteiger partial charge in [0, 0.05) is 28.9 Å². The number of carbonyl (C=O) groups excluding carboxylic acids is 1. The van der Waals surface area contributed by atoms with E-state index >= 15 is 0 Å². The van der Waals surface area contributed by atoms with Crippen LogP contribution in [0.3, 0.4) is 0 Å². The highest BCUT2D eigenvalue weighted by molar-refractivity contribution is 6.10. The number of pyridine rings is 1. The van der Waals surface area contributed by atoms with Gasteiger partial charge in [-0.05, 0) is 67.4 Å². The minimum atomic E-state index is -0.299. The van der Waals surface area contributed by atoms with Crippen LogP contribution in [0.2, 0.25) is 0 Å². The van der Waals surface area contributed by atoms with E-state index in [1.165, 1.54) is 11.8 Å². The van der Waals surface area contributed by atoms with Crippen LogP contribution >= 0.6 is 0 Å². The highest BCUT2D eigenvalue weighted by Gasteiger charge is 2.15. The lowest BCUT2D eigenvalue weighted by molar-refractivity contribution is 0.102. The SMILES string of the molecule is COc1ccc(NC(=O)c2ccc3ncc4c(=O)n(-c5ccc(C)c(C)c5)[nH]c4c3c2)cc1OC. The molecule has 0 aliphatic heterocycles. The number of amides is 1. The molecule has 0 fully saturated rings. The van der Waals surface area contributed by atoms with Gasteiger partial charge >= 0.3 is 0 Å². The van der Waals surface area contributed by atoms with Crippen molar-refractivity contribution in [2.24, 2.45) is 0 Å². The maximum Gasteiger partial charge on any atom is 0.280 e. The van der Waals surface area contributed by atoms with E-state index in [-0.39, 0.29) is 11.5 Å². The number of carbonyl (C=O) groups is 1. The summed E-state index contributed by atoms with van der Waals surface area (Å²) in [6, 6.07) is 16.2. The Balaban J connectivity index is 1.56. The Morgan fingerprint density at radius 3 is 2.46 bits per heavy atom. The Morgan fingerprint density at radius 2 is 1.71 bits per heavy atom. The van der Waals surface area contributed by atoms with Crippen molar-refractivity contribution >= 4 is 33.4 Å². The van der Waals surface area contributed by atoms with Crippen molar-refractivity contribution in [3.63, 3.8) is 0 Å². The fourth-order valence-electron chi connectivity index (χ4n) is 4.06. The third-order valence-corrected chi connectivity index (χ3v) is 6.18. The number of fused-ring (bicyclic) bond motifs is 3. The van der Waals surface area contributed by atoms with E-state index in [9.17, 15) is 9.59 Å². The van der Waals surface area contributed by atoms with Crippen molar-refractivity contribution in [1.82, 2.24) is 14.8 Å². The van der Waals surface area contributed by atoms with Gasteiger partial charge in [0.05, 0.1) is 36.3 Å². The Hall–Kier alpha value is -4.59. The van der Waals surface area contributed by atoms with Gasteiger partial charge in [0.2, 0.25) is 0 Å². The quantitative estimate of drug-likeness (QED) is 0.388. The number of rotatable bonds is 5. The lowest BCUT2D eigenvalue weighted by atomic mass is 10.1. The number of hydrogen-bond donors (Lipinski definition) is 2. The molecule has 0 aliphatic carbocycles. The van der Waals surface area contributed by atoms with Crippen LogP contribution in [0, 0.1) is 13.8 Å². The van der Waals surface area contributed by atoms with Crippen molar-refractivity contribution in [2.75, 3.05) is 19.5 Å². The standard InChI is InChI=1S/C27H24N4O4/c1-15-5-8-19(11-16(15)2)31-27(33)21-14-28-22-9-6-17(12-20(22)25(21)30-31)26(32)29-18-7-10-23(34-3)24(13-18)35-4/h5-14,30H,1-4H3,(H,29,32). The molecule has 5 aromatic rings. The van der Waals surface area contributed by atoms with Gasteiger partial charge in [-0.1, -0.05) is 6.07 Å². The molecule has 8 nitrogen and oxygen atoms in total. The minimum Gasteiger partial charge on any atom is -0.493 e. The Bertz CT molecular complexity index is 1670. The zero-order valence-electron chi connectivity index (χ0n) is 19.8. The van der Waals surface area contributed by atoms with Gasteiger partial charge in [-0.3, -0.25) is 19.7 Å². The first-order chi connectivity index (χ1) is 16.9. The van der Waals surface area contributed by atoms with Crippen LogP contribution in [0.15, 0.2) is 65.6 Å². The van der Waals surface area contributed by atoms with E-state index < -0.39 is 0 Å². The van der Waals surface area contributed by atoms with Crippen LogP contribution in [0.5, 0.6) is 11.5 Å². The van der Waals surface area contributed by atoms with Gasteiger partial charge in [0.1, 0.15) is 0 Å². The number of methoxy groups -OCH3 is 2. The molecule has 176 valence electrons. The van der Waals surface area contributed by atoms with E-state index in [1.807, 2.05) is 32.0 Å². The van der Waals surface area contributed by atoms with Gasteiger partial charge in [-0.2, -0.15) is 0 Å². The molecule has 2 N–H and O–H groups in total. The lowest BCUT2D eigenvalue weighted by Crippen LogP contribution is -2.14. The second-order valence-electron chi connectivity index (χ2n) is 8.32. The van der Waals surface area contributed by atoms with Crippen LogP contribution in [-0.4, -0.2) is 34.9 Å². The fourth-order valence-corrected chi connectivity index (χ4v) is 4.06. The van der Waals surface area contributed by atoms with E-state index in [1.54, 1.807) is 49.7 Å². The van der Waals surface area contributed by atoms with Crippen LogP contribution < -0.4 is 20.3 Å². The average Bonchev–Trinajstić information content (AvgIpc) is 3.22. The van der Waals surface area contributed by atoms with Gasteiger partial charge in [-0.25, -0.2) is 4.68 Å². The molecule has 0 aliphatic rings. The first kappa shape index (κ1) is 22.2. The van der Waals surface area contributed by atoms with E-state index in [0.29, 0.717) is 44.6 Å². The number of H-pyrrole nitrogens is 1. The van der Waals surface area contributed by atoms with Crippen molar-refractivity contribution in [3.8, 4) is 17.2 Å². The van der Waals surface area contributed by atoms with E-state index in [2.05, 4.69) is 15.4 Å². The number of aromatic nitrogens is 3. The summed E-state index contributed by atoms with van der Waals surface area (Å²) in [6.07, 6.45) is 1.57. The fraction of sp³-hybridized carbons (Fsp3) is 0.148. The molecule has 0 saturated heterocycles. The summed E-state index contributed by atoms with van der Waals surface area (Å²) in [7, 11) is 3.09. The molecule has 0 radical (unpaired) electrons. The molecule has 5 rings (SSSR count). The molecule has 0 bridgehead atoms. The van der Waals surface area contributed by atoms with Gasteiger partial charge in [-0.15, -0.1) is 0 Å². The van der Waals surface area contributed by atoms with E-state index in [4.69, 9.17) is 9.47 Å². The second-order valence-corrected chi connectivity index (χ2v) is 8.32. The highest BCUT2D eigenvalue weighted by Crippen LogP contribution is 2.30.